The molecule has 1 aliphatic carbocycles. The fourth-order valence-corrected chi connectivity index (χ4v) is 9.12. The second-order valence-corrected chi connectivity index (χ2v) is 16.8. The Hall–Kier alpha value is -2.48. The third kappa shape index (κ3) is 10.5. The summed E-state index contributed by atoms with van der Waals surface area (Å²) in [4.78, 5) is 57.3. The normalized spacial score (nSPS) is 40.3. The van der Waals surface area contributed by atoms with E-state index in [-0.39, 0.29) is 43.1 Å². The summed E-state index contributed by atoms with van der Waals surface area (Å²) >= 11 is 0. The van der Waals surface area contributed by atoms with Crippen molar-refractivity contribution in [3.05, 3.63) is 23.3 Å². The van der Waals surface area contributed by atoms with E-state index in [1.54, 1.807) is 28.1 Å². The lowest BCUT2D eigenvalue weighted by molar-refractivity contribution is -0.278. The van der Waals surface area contributed by atoms with Crippen LogP contribution in [0.2, 0.25) is 0 Å². The predicted molar refractivity (Wildman–Crippen MR) is 202 cm³/mol. The highest BCUT2D eigenvalue weighted by molar-refractivity contribution is 6.39. The van der Waals surface area contributed by atoms with E-state index in [1.165, 1.54) is 4.90 Å². The van der Waals surface area contributed by atoms with Gasteiger partial charge >= 0.3 is 5.97 Å². The number of cyclic esters (lactones) is 1. The number of carbonyl (C=O) groups is 4. The summed E-state index contributed by atoms with van der Waals surface area (Å²) in [5.74, 6) is -7.01. The lowest BCUT2D eigenvalue weighted by Crippen LogP contribution is -2.61. The second-order valence-electron chi connectivity index (χ2n) is 16.8. The summed E-state index contributed by atoms with van der Waals surface area (Å²) in [6, 6.07) is -1.10. The Morgan fingerprint density at radius 3 is 2.31 bits per heavy atom. The number of nitrogens with zero attached hydrogens (tertiary/aromatic N) is 1. The van der Waals surface area contributed by atoms with E-state index in [9.17, 15) is 34.5 Å². The number of rotatable bonds is 5. The average molecular weight is 762 g/mol. The van der Waals surface area contributed by atoms with E-state index < -0.39 is 77.8 Å². The van der Waals surface area contributed by atoms with Gasteiger partial charge in [0, 0.05) is 44.9 Å². The van der Waals surface area contributed by atoms with Crippen LogP contribution in [-0.4, -0.2) is 113 Å². The van der Waals surface area contributed by atoms with Gasteiger partial charge in [-0.15, -0.1) is 0 Å². The molecule has 2 bridgehead atoms. The van der Waals surface area contributed by atoms with Crippen LogP contribution in [0.4, 0.5) is 0 Å². The molecule has 12 nitrogen and oxygen atoms in total. The van der Waals surface area contributed by atoms with Crippen LogP contribution in [-0.2, 0) is 38.1 Å². The van der Waals surface area contributed by atoms with Crippen molar-refractivity contribution < 1.29 is 53.4 Å². The first-order valence-corrected chi connectivity index (χ1v) is 20.3. The zero-order valence-electron chi connectivity index (χ0n) is 33.8. The molecule has 2 saturated heterocycles. The molecular formula is C42H67NO11. The molecule has 12 heteroatoms. The van der Waals surface area contributed by atoms with Gasteiger partial charge in [-0.2, -0.15) is 0 Å². The molecule has 13 atom stereocenters. The van der Waals surface area contributed by atoms with Crippen LogP contribution in [0.1, 0.15) is 119 Å². The highest BCUT2D eigenvalue weighted by Gasteiger charge is 2.54. The van der Waals surface area contributed by atoms with Crippen molar-refractivity contribution in [2.24, 2.45) is 29.6 Å². The monoisotopic (exact) mass is 761 g/mol. The number of Topliss-reactive ketones (excluding diaryl/α,β-unsaturated/α-hetero) is 2. The predicted octanol–water partition coefficient (Wildman–Crippen LogP) is 4.85. The average Bonchev–Trinajstić information content (AvgIpc) is 3.15. The Balaban J connectivity index is 1.74. The number of hydrogen-bond acceptors (Lipinski definition) is 11. The maximum Gasteiger partial charge on any atom is 0.329 e. The molecule has 0 radical (unpaired) electrons. The molecule has 3 aliphatic heterocycles. The first-order chi connectivity index (χ1) is 25.5. The van der Waals surface area contributed by atoms with Crippen LogP contribution in [0.3, 0.4) is 0 Å². The molecule has 0 spiro atoms. The van der Waals surface area contributed by atoms with Gasteiger partial charge < -0.3 is 39.2 Å². The lowest BCUT2D eigenvalue weighted by atomic mass is 9.81. The van der Waals surface area contributed by atoms with Gasteiger partial charge in [0.05, 0.1) is 30.5 Å². The summed E-state index contributed by atoms with van der Waals surface area (Å²) in [6.07, 6.45) is 5.70. The second kappa shape index (κ2) is 19.6. The Bertz CT molecular complexity index is 1380. The number of carbonyl (C=O) groups excluding carboxylic acids is 4. The van der Waals surface area contributed by atoms with Crippen molar-refractivity contribution in [2.45, 2.75) is 167 Å². The molecule has 0 unspecified atom stereocenters. The van der Waals surface area contributed by atoms with Gasteiger partial charge in [-0.05, 0) is 102 Å². The number of esters is 1. The van der Waals surface area contributed by atoms with Gasteiger partial charge in [0.2, 0.25) is 5.79 Å². The summed E-state index contributed by atoms with van der Waals surface area (Å²) < 4.78 is 23.8. The summed E-state index contributed by atoms with van der Waals surface area (Å²) in [6.45, 7) is 11.4. The van der Waals surface area contributed by atoms with Crippen molar-refractivity contribution in [3.63, 3.8) is 0 Å². The van der Waals surface area contributed by atoms with Crippen molar-refractivity contribution in [2.75, 3.05) is 20.8 Å². The van der Waals surface area contributed by atoms with Crippen molar-refractivity contribution >= 4 is 23.4 Å². The van der Waals surface area contributed by atoms with Gasteiger partial charge in [-0.1, -0.05) is 45.4 Å². The smallest absolute Gasteiger partial charge is 0.329 e. The van der Waals surface area contributed by atoms with Gasteiger partial charge in [-0.25, -0.2) is 4.79 Å². The van der Waals surface area contributed by atoms with E-state index in [4.69, 9.17) is 18.9 Å². The Labute approximate surface area is 322 Å². The van der Waals surface area contributed by atoms with Gasteiger partial charge in [0.1, 0.15) is 17.9 Å². The molecule has 0 aromatic rings. The van der Waals surface area contributed by atoms with Crippen LogP contribution < -0.4 is 0 Å². The van der Waals surface area contributed by atoms with Crippen LogP contribution >= 0.6 is 0 Å². The van der Waals surface area contributed by atoms with Crippen LogP contribution in [0.25, 0.3) is 0 Å². The minimum Gasteiger partial charge on any atom is -0.456 e. The highest BCUT2D eigenvalue weighted by Crippen LogP contribution is 2.38. The van der Waals surface area contributed by atoms with E-state index in [0.717, 1.165) is 5.57 Å². The molecule has 0 aromatic heterocycles. The Morgan fingerprint density at radius 2 is 1.65 bits per heavy atom. The maximum atomic E-state index is 14.2. The number of ether oxygens (including phenoxy) is 4. The van der Waals surface area contributed by atoms with Crippen molar-refractivity contribution in [3.8, 4) is 0 Å². The minimum absolute atomic E-state index is 0.0123. The fraction of sp³-hybridized carbons (Fsp3) is 0.810. The van der Waals surface area contributed by atoms with E-state index in [1.807, 2.05) is 32.9 Å². The fourth-order valence-electron chi connectivity index (χ4n) is 9.12. The number of amides is 1. The number of hydrogen-bond donors (Lipinski definition) is 3. The first-order valence-electron chi connectivity index (χ1n) is 20.3. The van der Waals surface area contributed by atoms with Gasteiger partial charge in [-0.3, -0.25) is 14.4 Å². The summed E-state index contributed by atoms with van der Waals surface area (Å²) in [5, 5.41) is 33.9. The first kappa shape index (κ1) is 44.2. The topological polar surface area (TPSA) is 169 Å². The highest BCUT2D eigenvalue weighted by atomic mass is 16.7. The maximum absolute atomic E-state index is 14.2. The number of piperidine rings is 1. The molecule has 3 fully saturated rings. The third-order valence-corrected chi connectivity index (χ3v) is 12.6. The molecule has 306 valence electrons. The lowest BCUT2D eigenvalue weighted by Gasteiger charge is -2.44. The van der Waals surface area contributed by atoms with Gasteiger partial charge in [0.15, 0.2) is 0 Å². The number of methoxy groups -OCH3 is 2. The molecule has 1 amide bonds. The number of ketones is 2. The quantitative estimate of drug-likeness (QED) is 0.199. The third-order valence-electron chi connectivity index (χ3n) is 12.6. The number of aliphatic hydroxyl groups excluding tert-OH is 2. The standard InChI is InChI=1S/C42H67NO11/c1-9-30-19-24(2)18-25(3)20-37(52-8)35-16-13-27(5)42(50,54-35)39(47)40(48)43-17-11-10-12-31(43)41(49)53-38(28(6)33(45)23-34(30)46)26(4)21-29-14-15-32(44)36(22-29)51-7/h19,21,25,27-33,35-38,44-45,50H,9-18,20,22-23H2,1-8H3/b24-19?,26-21+/t25-,27+,28+,29-,30+,31-,32+,33-,35-,36+,37-,38+,42+/m0/s1. The van der Waals surface area contributed by atoms with E-state index in [2.05, 4.69) is 6.92 Å². The Kier molecular flexibility index (Phi) is 16.0. The number of aliphatic hydroxyl groups is 3. The number of fused-ring (bicyclic) bond motifs is 3. The Morgan fingerprint density at radius 1 is 0.944 bits per heavy atom. The van der Waals surface area contributed by atoms with Gasteiger partial charge in [0.25, 0.3) is 11.7 Å². The zero-order chi connectivity index (χ0) is 39.9. The number of allylic oxidation sites excluding steroid dienone is 3. The largest absolute Gasteiger partial charge is 0.456 e. The minimum atomic E-state index is -2.40. The van der Waals surface area contributed by atoms with Crippen LogP contribution in [0, 0.1) is 29.6 Å². The molecule has 1 saturated carbocycles. The summed E-state index contributed by atoms with van der Waals surface area (Å²) in [5.41, 5.74) is 1.70. The molecule has 4 aliphatic rings. The van der Waals surface area contributed by atoms with Crippen molar-refractivity contribution in [1.29, 1.82) is 0 Å². The zero-order valence-corrected chi connectivity index (χ0v) is 33.8. The van der Waals surface area contributed by atoms with Crippen LogP contribution in [0.15, 0.2) is 23.3 Å². The van der Waals surface area contributed by atoms with E-state index in [0.29, 0.717) is 69.8 Å². The molecule has 3 N–H and O–H groups in total. The molecule has 4 rings (SSSR count). The molecule has 0 aromatic carbocycles. The van der Waals surface area contributed by atoms with Crippen molar-refractivity contribution in [1.82, 2.24) is 4.90 Å². The summed E-state index contributed by atoms with van der Waals surface area (Å²) in [7, 11) is 3.13. The SMILES string of the molecule is CC[C@@H]1C=C(C)C[C@H](C)C[C@H](OC)[C@@H]2CC[C@@H](C)[C@@](O)(O2)C(=O)C(=O)N2CCCC[C@H]2C(=O)O[C@H](/C(C)=C/[C@@H]2CC[C@@H](O)[C@H](OC)C2)[C@H](C)[C@@H](O)CC1=O. The van der Waals surface area contributed by atoms with E-state index >= 15 is 0 Å². The van der Waals surface area contributed by atoms with Crippen LogP contribution in [0.5, 0.6) is 0 Å². The molecule has 3 heterocycles. The molecular weight excluding hydrogens is 694 g/mol. The molecule has 54 heavy (non-hydrogen) atoms.